The summed E-state index contributed by atoms with van der Waals surface area (Å²) in [5.74, 6) is 1.04. The predicted molar refractivity (Wildman–Crippen MR) is 109 cm³/mol. The molecule has 1 aromatic heterocycles. The van der Waals surface area contributed by atoms with E-state index in [1.165, 1.54) is 11.0 Å². The van der Waals surface area contributed by atoms with E-state index in [0.29, 0.717) is 5.95 Å². The molecule has 1 fully saturated rings. The smallest absolute Gasteiger partial charge is 0.319 e. The van der Waals surface area contributed by atoms with Gasteiger partial charge in [-0.1, -0.05) is 12.1 Å². The van der Waals surface area contributed by atoms with Gasteiger partial charge in [0, 0.05) is 37.9 Å². The van der Waals surface area contributed by atoms with E-state index in [0.717, 1.165) is 37.1 Å². The standard InChI is InChI=1S/C20H27FN6O/c1-13-12-23-20(25-18(13)26(2)3)24-14-8-10-15(11-9-14)27(19(22)28)17-7-5-4-6-16(17)21/h4-7,12,14-15H,8-11H2,1-3H3,(H2,22,28)(H,23,24,25). The van der Waals surface area contributed by atoms with Gasteiger partial charge in [-0.15, -0.1) is 0 Å². The fourth-order valence-electron chi connectivity index (χ4n) is 3.76. The van der Waals surface area contributed by atoms with Crippen LogP contribution in [0.15, 0.2) is 30.5 Å². The minimum atomic E-state index is -0.626. The van der Waals surface area contributed by atoms with Crippen molar-refractivity contribution in [2.75, 3.05) is 29.2 Å². The number of carbonyl (C=O) groups excluding carboxylic acids is 1. The molecule has 0 aliphatic heterocycles. The Labute approximate surface area is 164 Å². The number of nitrogens with two attached hydrogens (primary N) is 1. The van der Waals surface area contributed by atoms with Crippen molar-refractivity contribution in [3.8, 4) is 0 Å². The van der Waals surface area contributed by atoms with Crippen LogP contribution in [0.3, 0.4) is 0 Å². The molecule has 3 N–H and O–H groups in total. The van der Waals surface area contributed by atoms with E-state index in [-0.39, 0.29) is 17.8 Å². The maximum Gasteiger partial charge on any atom is 0.319 e. The fourth-order valence-corrected chi connectivity index (χ4v) is 3.76. The van der Waals surface area contributed by atoms with Crippen LogP contribution in [0.2, 0.25) is 0 Å². The summed E-state index contributed by atoms with van der Waals surface area (Å²) in [6.07, 6.45) is 4.89. The zero-order valence-corrected chi connectivity index (χ0v) is 16.5. The molecule has 0 radical (unpaired) electrons. The lowest BCUT2D eigenvalue weighted by molar-refractivity contribution is 0.248. The number of rotatable bonds is 5. The molecule has 0 spiro atoms. The van der Waals surface area contributed by atoms with Crippen molar-refractivity contribution >= 4 is 23.5 Å². The van der Waals surface area contributed by atoms with Crippen LogP contribution in [0.5, 0.6) is 0 Å². The summed E-state index contributed by atoms with van der Waals surface area (Å²) in [7, 11) is 3.90. The van der Waals surface area contributed by atoms with Crippen LogP contribution in [-0.4, -0.2) is 42.2 Å². The molecule has 0 unspecified atom stereocenters. The molecule has 3 rings (SSSR count). The lowest BCUT2D eigenvalue weighted by atomic mass is 9.90. The second-order valence-corrected chi connectivity index (χ2v) is 7.40. The highest BCUT2D eigenvalue weighted by molar-refractivity contribution is 5.91. The van der Waals surface area contributed by atoms with E-state index in [1.54, 1.807) is 18.2 Å². The molecule has 7 nitrogen and oxygen atoms in total. The Morgan fingerprint density at radius 1 is 1.21 bits per heavy atom. The van der Waals surface area contributed by atoms with Crippen LogP contribution < -0.4 is 20.9 Å². The third-order valence-corrected chi connectivity index (χ3v) is 5.11. The highest BCUT2D eigenvalue weighted by Gasteiger charge is 2.30. The summed E-state index contributed by atoms with van der Waals surface area (Å²) in [4.78, 5) is 24.3. The van der Waals surface area contributed by atoms with Crippen LogP contribution in [0, 0.1) is 12.7 Å². The summed E-state index contributed by atoms with van der Waals surface area (Å²) in [6, 6.07) is 5.69. The molecule has 2 amide bonds. The first-order valence-electron chi connectivity index (χ1n) is 9.47. The Morgan fingerprint density at radius 2 is 1.89 bits per heavy atom. The van der Waals surface area contributed by atoms with Gasteiger partial charge in [0.1, 0.15) is 11.6 Å². The molecule has 0 bridgehead atoms. The number of nitrogens with one attached hydrogen (secondary N) is 1. The highest BCUT2D eigenvalue weighted by Crippen LogP contribution is 2.30. The van der Waals surface area contributed by atoms with Gasteiger partial charge in [-0.25, -0.2) is 14.2 Å². The fraction of sp³-hybridized carbons (Fsp3) is 0.450. The van der Waals surface area contributed by atoms with E-state index in [4.69, 9.17) is 5.73 Å². The third kappa shape index (κ3) is 4.32. The van der Waals surface area contributed by atoms with Crippen LogP contribution in [0.1, 0.15) is 31.2 Å². The largest absolute Gasteiger partial charge is 0.362 e. The van der Waals surface area contributed by atoms with Gasteiger partial charge in [0.15, 0.2) is 0 Å². The number of aryl methyl sites for hydroxylation is 1. The molecule has 1 heterocycles. The average Bonchev–Trinajstić information content (AvgIpc) is 2.66. The number of primary amides is 1. The van der Waals surface area contributed by atoms with E-state index in [9.17, 15) is 9.18 Å². The topological polar surface area (TPSA) is 87.4 Å². The first kappa shape index (κ1) is 19.9. The summed E-state index contributed by atoms with van der Waals surface area (Å²) in [5.41, 5.74) is 6.82. The highest BCUT2D eigenvalue weighted by atomic mass is 19.1. The third-order valence-electron chi connectivity index (χ3n) is 5.11. The molecule has 1 aliphatic rings. The van der Waals surface area contributed by atoms with Crippen LogP contribution >= 0.6 is 0 Å². The molecule has 1 aliphatic carbocycles. The SMILES string of the molecule is Cc1cnc(NC2CCC(N(C(N)=O)c3ccccc3F)CC2)nc1N(C)C. The molecule has 150 valence electrons. The van der Waals surface area contributed by atoms with E-state index in [1.807, 2.05) is 32.1 Å². The van der Waals surface area contributed by atoms with Crippen molar-refractivity contribution < 1.29 is 9.18 Å². The van der Waals surface area contributed by atoms with Crippen molar-refractivity contribution in [2.24, 2.45) is 5.73 Å². The Balaban J connectivity index is 1.66. The number of hydrogen-bond donors (Lipinski definition) is 2. The minimum absolute atomic E-state index is 0.122. The molecular formula is C20H27FN6O. The van der Waals surface area contributed by atoms with Gasteiger partial charge in [0.25, 0.3) is 0 Å². The second kappa shape index (κ2) is 8.41. The summed E-state index contributed by atoms with van der Waals surface area (Å²) in [5, 5.41) is 3.39. The molecule has 0 saturated heterocycles. The first-order valence-corrected chi connectivity index (χ1v) is 9.47. The summed E-state index contributed by atoms with van der Waals surface area (Å²) in [6.45, 7) is 1.98. The Bertz CT molecular complexity index is 835. The normalized spacial score (nSPS) is 19.1. The van der Waals surface area contributed by atoms with Crippen molar-refractivity contribution in [3.05, 3.63) is 41.8 Å². The molecule has 8 heteroatoms. The monoisotopic (exact) mass is 386 g/mol. The van der Waals surface area contributed by atoms with Gasteiger partial charge in [-0.05, 0) is 44.7 Å². The van der Waals surface area contributed by atoms with E-state index < -0.39 is 11.8 Å². The number of carbonyl (C=O) groups is 1. The zero-order chi connectivity index (χ0) is 20.3. The number of halogens is 1. The Morgan fingerprint density at radius 3 is 2.50 bits per heavy atom. The number of aromatic nitrogens is 2. The molecule has 1 aromatic carbocycles. The average molecular weight is 386 g/mol. The van der Waals surface area contributed by atoms with Crippen molar-refractivity contribution in [1.29, 1.82) is 0 Å². The van der Waals surface area contributed by atoms with Gasteiger partial charge in [0.05, 0.1) is 5.69 Å². The minimum Gasteiger partial charge on any atom is -0.362 e. The maximum atomic E-state index is 14.2. The van der Waals surface area contributed by atoms with Gasteiger partial charge in [-0.2, -0.15) is 4.98 Å². The number of para-hydroxylation sites is 1. The second-order valence-electron chi connectivity index (χ2n) is 7.40. The van der Waals surface area contributed by atoms with Gasteiger partial charge < -0.3 is 16.0 Å². The number of benzene rings is 1. The number of amides is 2. The van der Waals surface area contributed by atoms with Crippen LogP contribution in [-0.2, 0) is 0 Å². The first-order chi connectivity index (χ1) is 13.4. The zero-order valence-electron chi connectivity index (χ0n) is 16.5. The molecule has 28 heavy (non-hydrogen) atoms. The lowest BCUT2D eigenvalue weighted by Crippen LogP contribution is -2.47. The predicted octanol–water partition coefficient (Wildman–Crippen LogP) is 3.30. The van der Waals surface area contributed by atoms with Gasteiger partial charge in [-0.3, -0.25) is 4.90 Å². The Kier molecular flexibility index (Phi) is 5.96. The summed E-state index contributed by atoms with van der Waals surface area (Å²) >= 11 is 0. The number of anilines is 3. The van der Waals surface area contributed by atoms with Gasteiger partial charge in [0.2, 0.25) is 5.95 Å². The quantitative estimate of drug-likeness (QED) is 0.823. The Hall–Kier alpha value is -2.90. The van der Waals surface area contributed by atoms with Gasteiger partial charge >= 0.3 is 6.03 Å². The van der Waals surface area contributed by atoms with E-state index in [2.05, 4.69) is 15.3 Å². The van der Waals surface area contributed by atoms with Crippen LogP contribution in [0.25, 0.3) is 0 Å². The van der Waals surface area contributed by atoms with Crippen molar-refractivity contribution in [2.45, 2.75) is 44.7 Å². The summed E-state index contributed by atoms with van der Waals surface area (Å²) < 4.78 is 14.2. The molecule has 0 atom stereocenters. The number of urea groups is 1. The van der Waals surface area contributed by atoms with Crippen LogP contribution in [0.4, 0.5) is 26.6 Å². The van der Waals surface area contributed by atoms with E-state index >= 15 is 0 Å². The van der Waals surface area contributed by atoms with Crippen molar-refractivity contribution in [3.63, 3.8) is 0 Å². The number of nitrogens with zero attached hydrogens (tertiary/aromatic N) is 4. The number of hydrogen-bond acceptors (Lipinski definition) is 5. The molecular weight excluding hydrogens is 359 g/mol. The van der Waals surface area contributed by atoms with Crippen molar-refractivity contribution in [1.82, 2.24) is 9.97 Å². The lowest BCUT2D eigenvalue weighted by Gasteiger charge is -2.36. The molecule has 1 saturated carbocycles. The molecule has 2 aromatic rings. The maximum absolute atomic E-state index is 14.2.